The van der Waals surface area contributed by atoms with Crippen molar-refractivity contribution in [3.05, 3.63) is 12.7 Å². The summed E-state index contributed by atoms with van der Waals surface area (Å²) in [4.78, 5) is 4.68. The van der Waals surface area contributed by atoms with Gasteiger partial charge in [-0.05, 0) is 43.4 Å². The monoisotopic (exact) mass is 258 g/mol. The molecule has 0 aromatic carbocycles. The first kappa shape index (κ1) is 12.9. The number of nitrogens with zero attached hydrogens (tertiary/aromatic N) is 2. The Balaban J connectivity index is 1.92. The van der Waals surface area contributed by atoms with Crippen LogP contribution >= 0.6 is 0 Å². The highest BCUT2D eigenvalue weighted by Gasteiger charge is 2.63. The number of nitriles is 1. The SMILES string of the molecule is C=C[C@H]1C[C@]1(C#N)N=C1C[C@H]2C[C@H](C2(C)C)[C@@]1(C)O. The minimum Gasteiger partial charge on any atom is -0.384 e. The summed E-state index contributed by atoms with van der Waals surface area (Å²) in [5, 5.41) is 20.2. The lowest BCUT2D eigenvalue weighted by Crippen LogP contribution is -2.65. The lowest BCUT2D eigenvalue weighted by Gasteiger charge is -2.62. The molecular weight excluding hydrogens is 236 g/mol. The van der Waals surface area contributed by atoms with E-state index in [0.717, 1.165) is 25.0 Å². The van der Waals surface area contributed by atoms with Crippen molar-refractivity contribution in [2.45, 2.75) is 51.2 Å². The van der Waals surface area contributed by atoms with E-state index in [1.807, 2.05) is 13.0 Å². The second-order valence-electron chi connectivity index (χ2n) is 7.30. The Morgan fingerprint density at radius 1 is 1.47 bits per heavy atom. The summed E-state index contributed by atoms with van der Waals surface area (Å²) in [6.45, 7) is 10.1. The molecule has 3 heteroatoms. The molecule has 0 aromatic rings. The molecule has 4 saturated carbocycles. The number of fused-ring (bicyclic) bond motifs is 2. The van der Waals surface area contributed by atoms with Crippen LogP contribution in [0.4, 0.5) is 0 Å². The molecule has 0 saturated heterocycles. The van der Waals surface area contributed by atoms with E-state index in [-0.39, 0.29) is 17.3 Å². The van der Waals surface area contributed by atoms with Crippen LogP contribution in [0.3, 0.4) is 0 Å². The molecule has 19 heavy (non-hydrogen) atoms. The van der Waals surface area contributed by atoms with Gasteiger partial charge in [0.25, 0.3) is 0 Å². The van der Waals surface area contributed by atoms with Gasteiger partial charge in [0.15, 0.2) is 5.54 Å². The number of rotatable bonds is 2. The van der Waals surface area contributed by atoms with Gasteiger partial charge in [0.1, 0.15) is 5.60 Å². The molecule has 2 bridgehead atoms. The van der Waals surface area contributed by atoms with Crippen molar-refractivity contribution in [1.29, 1.82) is 5.26 Å². The van der Waals surface area contributed by atoms with Crippen LogP contribution in [0.25, 0.3) is 0 Å². The molecule has 4 fully saturated rings. The van der Waals surface area contributed by atoms with Crippen LogP contribution in [0.15, 0.2) is 17.6 Å². The molecule has 0 aliphatic heterocycles. The highest BCUT2D eigenvalue weighted by atomic mass is 16.3. The Hall–Kier alpha value is -1.14. The van der Waals surface area contributed by atoms with Crippen molar-refractivity contribution in [3.8, 4) is 6.07 Å². The first-order chi connectivity index (χ1) is 8.78. The van der Waals surface area contributed by atoms with Gasteiger partial charge in [-0.25, -0.2) is 0 Å². The number of aliphatic imine (C=N–C) groups is 1. The van der Waals surface area contributed by atoms with Crippen molar-refractivity contribution >= 4 is 5.71 Å². The average Bonchev–Trinajstić information content (AvgIpc) is 3.05. The third-order valence-corrected chi connectivity index (χ3v) is 5.97. The lowest BCUT2D eigenvalue weighted by molar-refractivity contribution is -0.134. The minimum absolute atomic E-state index is 0.159. The fourth-order valence-corrected chi connectivity index (χ4v) is 4.19. The topological polar surface area (TPSA) is 56.4 Å². The summed E-state index contributed by atoms with van der Waals surface area (Å²) in [5.74, 6) is 1.04. The van der Waals surface area contributed by atoms with E-state index in [9.17, 15) is 10.4 Å². The summed E-state index contributed by atoms with van der Waals surface area (Å²) >= 11 is 0. The summed E-state index contributed by atoms with van der Waals surface area (Å²) in [7, 11) is 0. The second-order valence-corrected chi connectivity index (χ2v) is 7.30. The smallest absolute Gasteiger partial charge is 0.153 e. The second kappa shape index (κ2) is 3.49. The van der Waals surface area contributed by atoms with Crippen molar-refractivity contribution < 1.29 is 5.11 Å². The maximum absolute atomic E-state index is 10.9. The van der Waals surface area contributed by atoms with Crippen LogP contribution in [0, 0.1) is 34.5 Å². The Morgan fingerprint density at radius 2 is 2.16 bits per heavy atom. The van der Waals surface area contributed by atoms with Crippen LogP contribution < -0.4 is 0 Å². The van der Waals surface area contributed by atoms with Gasteiger partial charge in [-0.15, -0.1) is 6.58 Å². The Bertz CT molecular complexity index is 511. The highest BCUT2D eigenvalue weighted by molar-refractivity contribution is 5.95. The average molecular weight is 258 g/mol. The van der Waals surface area contributed by atoms with Crippen LogP contribution in [-0.4, -0.2) is 22.0 Å². The summed E-state index contributed by atoms with van der Waals surface area (Å²) in [6.07, 6.45) is 4.49. The first-order valence-corrected chi connectivity index (χ1v) is 7.13. The van der Waals surface area contributed by atoms with Gasteiger partial charge in [0.05, 0.1) is 6.07 Å². The molecule has 3 nitrogen and oxygen atoms in total. The van der Waals surface area contributed by atoms with Crippen molar-refractivity contribution in [2.75, 3.05) is 0 Å². The Labute approximate surface area is 115 Å². The molecule has 0 heterocycles. The van der Waals surface area contributed by atoms with E-state index < -0.39 is 11.1 Å². The summed E-state index contributed by atoms with van der Waals surface area (Å²) in [6, 6.07) is 2.32. The molecule has 0 amide bonds. The van der Waals surface area contributed by atoms with Crippen molar-refractivity contribution in [2.24, 2.45) is 28.2 Å². The van der Waals surface area contributed by atoms with Gasteiger partial charge in [-0.3, -0.25) is 4.99 Å². The molecule has 4 aliphatic rings. The normalized spacial score (nSPS) is 52.2. The van der Waals surface area contributed by atoms with Gasteiger partial charge < -0.3 is 5.11 Å². The quantitative estimate of drug-likeness (QED) is 0.774. The van der Waals surface area contributed by atoms with E-state index in [4.69, 9.17) is 0 Å². The van der Waals surface area contributed by atoms with Crippen LogP contribution in [0.5, 0.6) is 0 Å². The van der Waals surface area contributed by atoms with Gasteiger partial charge in [0, 0.05) is 11.6 Å². The van der Waals surface area contributed by atoms with E-state index in [1.54, 1.807) is 0 Å². The Morgan fingerprint density at radius 3 is 2.58 bits per heavy atom. The Kier molecular flexibility index (Phi) is 2.36. The number of aliphatic hydroxyl groups is 1. The standard InChI is InChI=1S/C16H22N2O/c1-5-10-8-16(10,9-17)18-13-7-11-6-12(14(11,2)3)15(13,4)19/h5,10-12,19H,1,6-8H2,2-4H3/t10-,11+,12+,15+,16+/m0/s1. The molecular formula is C16H22N2O. The maximum atomic E-state index is 10.9. The van der Waals surface area contributed by atoms with E-state index >= 15 is 0 Å². The molecule has 0 radical (unpaired) electrons. The molecule has 1 N–H and O–H groups in total. The molecule has 0 aromatic heterocycles. The molecule has 102 valence electrons. The maximum Gasteiger partial charge on any atom is 0.153 e. The van der Waals surface area contributed by atoms with Crippen LogP contribution in [-0.2, 0) is 0 Å². The lowest BCUT2D eigenvalue weighted by atomic mass is 9.44. The molecule has 5 atom stereocenters. The molecule has 0 unspecified atom stereocenters. The van der Waals surface area contributed by atoms with Crippen molar-refractivity contribution in [1.82, 2.24) is 0 Å². The third kappa shape index (κ3) is 1.50. The fourth-order valence-electron chi connectivity index (χ4n) is 4.19. The van der Waals surface area contributed by atoms with Crippen LogP contribution in [0.1, 0.15) is 40.0 Å². The van der Waals surface area contributed by atoms with Gasteiger partial charge >= 0.3 is 0 Å². The van der Waals surface area contributed by atoms with Crippen molar-refractivity contribution in [3.63, 3.8) is 0 Å². The van der Waals surface area contributed by atoms with Gasteiger partial charge in [-0.1, -0.05) is 19.9 Å². The summed E-state index contributed by atoms with van der Waals surface area (Å²) in [5.41, 5.74) is -0.436. The molecule has 4 rings (SSSR count). The zero-order valence-electron chi connectivity index (χ0n) is 12.0. The largest absolute Gasteiger partial charge is 0.384 e. The van der Waals surface area contributed by atoms with E-state index in [1.165, 1.54) is 0 Å². The van der Waals surface area contributed by atoms with E-state index in [0.29, 0.717) is 5.92 Å². The van der Waals surface area contributed by atoms with Gasteiger partial charge in [-0.2, -0.15) is 5.26 Å². The molecule has 0 spiro atoms. The summed E-state index contributed by atoms with van der Waals surface area (Å²) < 4.78 is 0. The minimum atomic E-state index is -0.851. The van der Waals surface area contributed by atoms with Crippen LogP contribution in [0.2, 0.25) is 0 Å². The predicted molar refractivity (Wildman–Crippen MR) is 74.7 cm³/mol. The molecule has 4 aliphatic carbocycles. The number of hydrogen-bond acceptors (Lipinski definition) is 3. The van der Waals surface area contributed by atoms with E-state index in [2.05, 4.69) is 31.5 Å². The first-order valence-electron chi connectivity index (χ1n) is 7.13. The van der Waals surface area contributed by atoms with Gasteiger partial charge in [0.2, 0.25) is 0 Å². The fraction of sp³-hybridized carbons (Fsp3) is 0.750. The number of hydrogen-bond donors (Lipinski definition) is 1. The third-order valence-electron chi connectivity index (χ3n) is 5.97. The predicted octanol–water partition coefficient (Wildman–Crippen LogP) is 2.71. The highest BCUT2D eigenvalue weighted by Crippen LogP contribution is 2.62. The zero-order chi connectivity index (χ0) is 14.1. The zero-order valence-corrected chi connectivity index (χ0v) is 12.0.